The molecule has 100 valence electrons. The topological polar surface area (TPSA) is 54.6 Å². The summed E-state index contributed by atoms with van der Waals surface area (Å²) < 4.78 is 1.65. The quantitative estimate of drug-likeness (QED) is 0.774. The Morgan fingerprint density at radius 2 is 1.85 bits per heavy atom. The summed E-state index contributed by atoms with van der Waals surface area (Å²) in [5.41, 5.74) is 4.31. The number of aromatic nitrogens is 2. The van der Waals surface area contributed by atoms with Gasteiger partial charge in [0.1, 0.15) is 11.3 Å². The minimum Gasteiger partial charge on any atom is -0.476 e. The molecule has 0 amide bonds. The summed E-state index contributed by atoms with van der Waals surface area (Å²) in [5, 5.41) is 9.51. The number of carboxylic acid groups (broad SMARTS) is 1. The van der Waals surface area contributed by atoms with Crippen LogP contribution in [0.15, 0.2) is 42.6 Å². The molecule has 2 heterocycles. The summed E-state index contributed by atoms with van der Waals surface area (Å²) in [4.78, 5) is 16.1. The highest BCUT2D eigenvalue weighted by molar-refractivity contribution is 5.94. The molecule has 0 fully saturated rings. The standard InChI is InChI=1S/C16H14N2O2/c1-10-8-13-17-14(12-6-4-3-5-7-12)15(16(19)20)18(13)9-11(10)2/h3-9H,1-2H3,(H,19,20). The van der Waals surface area contributed by atoms with Gasteiger partial charge in [-0.25, -0.2) is 9.78 Å². The fourth-order valence-electron chi connectivity index (χ4n) is 2.29. The lowest BCUT2D eigenvalue weighted by Gasteiger charge is -2.03. The summed E-state index contributed by atoms with van der Waals surface area (Å²) >= 11 is 0. The highest BCUT2D eigenvalue weighted by Crippen LogP contribution is 2.25. The van der Waals surface area contributed by atoms with Gasteiger partial charge in [0, 0.05) is 11.8 Å². The molecule has 2 aromatic heterocycles. The average molecular weight is 266 g/mol. The monoisotopic (exact) mass is 266 g/mol. The number of rotatable bonds is 2. The third kappa shape index (κ3) is 1.86. The van der Waals surface area contributed by atoms with Crippen molar-refractivity contribution in [2.45, 2.75) is 13.8 Å². The third-order valence-electron chi connectivity index (χ3n) is 3.48. The fourth-order valence-corrected chi connectivity index (χ4v) is 2.29. The van der Waals surface area contributed by atoms with Crippen LogP contribution in [0.4, 0.5) is 0 Å². The Hall–Kier alpha value is -2.62. The van der Waals surface area contributed by atoms with Crippen LogP contribution in [0.2, 0.25) is 0 Å². The van der Waals surface area contributed by atoms with E-state index in [1.54, 1.807) is 4.40 Å². The van der Waals surface area contributed by atoms with Gasteiger partial charge in [0.25, 0.3) is 0 Å². The lowest BCUT2D eigenvalue weighted by atomic mass is 10.1. The van der Waals surface area contributed by atoms with E-state index in [9.17, 15) is 9.90 Å². The first-order valence-electron chi connectivity index (χ1n) is 6.36. The maximum Gasteiger partial charge on any atom is 0.355 e. The molecule has 0 aliphatic carbocycles. The minimum absolute atomic E-state index is 0.203. The molecule has 1 aromatic carbocycles. The lowest BCUT2D eigenvalue weighted by molar-refractivity contribution is 0.0690. The predicted octanol–water partition coefficient (Wildman–Crippen LogP) is 3.32. The Labute approximate surface area is 116 Å². The normalized spacial score (nSPS) is 10.9. The third-order valence-corrected chi connectivity index (χ3v) is 3.48. The summed E-state index contributed by atoms with van der Waals surface area (Å²) in [5.74, 6) is -0.973. The highest BCUT2D eigenvalue weighted by Gasteiger charge is 2.20. The number of hydrogen-bond acceptors (Lipinski definition) is 2. The van der Waals surface area contributed by atoms with Crippen molar-refractivity contribution >= 4 is 11.6 Å². The molecule has 0 saturated heterocycles. The summed E-state index contributed by atoms with van der Waals surface area (Å²) in [6, 6.07) is 11.3. The Balaban J connectivity index is 2.38. The number of carboxylic acids is 1. The number of aryl methyl sites for hydroxylation is 2. The molecule has 0 aliphatic heterocycles. The second-order valence-corrected chi connectivity index (χ2v) is 4.85. The van der Waals surface area contributed by atoms with Gasteiger partial charge in [0.15, 0.2) is 5.69 Å². The van der Waals surface area contributed by atoms with Crippen molar-refractivity contribution in [1.82, 2.24) is 9.38 Å². The number of fused-ring (bicyclic) bond motifs is 1. The summed E-state index contributed by atoms with van der Waals surface area (Å²) in [7, 11) is 0. The van der Waals surface area contributed by atoms with Crippen molar-refractivity contribution in [3.8, 4) is 11.3 Å². The van der Waals surface area contributed by atoms with Gasteiger partial charge in [-0.3, -0.25) is 4.40 Å². The van der Waals surface area contributed by atoms with Crippen molar-refractivity contribution in [3.05, 3.63) is 59.4 Å². The summed E-state index contributed by atoms with van der Waals surface area (Å²) in [6.45, 7) is 3.95. The Morgan fingerprint density at radius 3 is 2.50 bits per heavy atom. The van der Waals surface area contributed by atoms with Crippen molar-refractivity contribution < 1.29 is 9.90 Å². The summed E-state index contributed by atoms with van der Waals surface area (Å²) in [6.07, 6.45) is 1.83. The molecule has 4 heteroatoms. The van der Waals surface area contributed by atoms with Gasteiger partial charge in [0.05, 0.1) is 0 Å². The van der Waals surface area contributed by atoms with Crippen LogP contribution in [0.5, 0.6) is 0 Å². The number of pyridine rings is 1. The van der Waals surface area contributed by atoms with Crippen molar-refractivity contribution in [1.29, 1.82) is 0 Å². The maximum absolute atomic E-state index is 11.6. The molecule has 0 radical (unpaired) electrons. The van der Waals surface area contributed by atoms with E-state index in [1.165, 1.54) is 0 Å². The maximum atomic E-state index is 11.6. The number of hydrogen-bond donors (Lipinski definition) is 1. The van der Waals surface area contributed by atoms with Gasteiger partial charge in [0.2, 0.25) is 0 Å². The molecule has 1 N–H and O–H groups in total. The molecule has 0 spiro atoms. The largest absolute Gasteiger partial charge is 0.476 e. The molecule has 20 heavy (non-hydrogen) atoms. The van der Waals surface area contributed by atoms with Gasteiger partial charge >= 0.3 is 5.97 Å². The van der Waals surface area contributed by atoms with E-state index < -0.39 is 5.97 Å². The molecular weight excluding hydrogens is 252 g/mol. The van der Waals surface area contributed by atoms with Crippen molar-refractivity contribution in [3.63, 3.8) is 0 Å². The SMILES string of the molecule is Cc1cc2nc(-c3ccccc3)c(C(=O)O)n2cc1C. The first-order chi connectivity index (χ1) is 9.58. The lowest BCUT2D eigenvalue weighted by Crippen LogP contribution is -2.04. The number of carbonyl (C=O) groups is 1. The zero-order valence-corrected chi connectivity index (χ0v) is 11.3. The van der Waals surface area contributed by atoms with Crippen molar-refractivity contribution in [2.24, 2.45) is 0 Å². The second-order valence-electron chi connectivity index (χ2n) is 4.85. The molecule has 0 bridgehead atoms. The first-order valence-corrected chi connectivity index (χ1v) is 6.36. The number of imidazole rings is 1. The van der Waals surface area contributed by atoms with Crippen LogP contribution in [0.25, 0.3) is 16.9 Å². The minimum atomic E-state index is -0.973. The van der Waals surface area contributed by atoms with E-state index in [2.05, 4.69) is 4.98 Å². The smallest absolute Gasteiger partial charge is 0.355 e. The van der Waals surface area contributed by atoms with E-state index in [0.717, 1.165) is 16.7 Å². The molecule has 4 nitrogen and oxygen atoms in total. The highest BCUT2D eigenvalue weighted by atomic mass is 16.4. The second kappa shape index (κ2) is 4.49. The Bertz CT molecular complexity index is 804. The fraction of sp³-hybridized carbons (Fsp3) is 0.125. The van der Waals surface area contributed by atoms with Crippen LogP contribution < -0.4 is 0 Å². The molecule has 0 saturated carbocycles. The van der Waals surface area contributed by atoms with Crippen LogP contribution in [-0.4, -0.2) is 20.5 Å². The molecule has 0 unspecified atom stereocenters. The van der Waals surface area contributed by atoms with Gasteiger partial charge in [-0.2, -0.15) is 0 Å². The van der Waals surface area contributed by atoms with Crippen LogP contribution >= 0.6 is 0 Å². The van der Waals surface area contributed by atoms with E-state index in [1.807, 2.05) is 56.4 Å². The van der Waals surface area contributed by atoms with Crippen LogP contribution in [-0.2, 0) is 0 Å². The van der Waals surface area contributed by atoms with E-state index in [4.69, 9.17) is 0 Å². The predicted molar refractivity (Wildman–Crippen MR) is 77.1 cm³/mol. The number of aromatic carboxylic acids is 1. The zero-order chi connectivity index (χ0) is 14.3. The van der Waals surface area contributed by atoms with Gasteiger partial charge < -0.3 is 5.11 Å². The van der Waals surface area contributed by atoms with Crippen LogP contribution in [0, 0.1) is 13.8 Å². The molecule has 3 aromatic rings. The molecule has 0 aliphatic rings. The van der Waals surface area contributed by atoms with Gasteiger partial charge in [-0.05, 0) is 31.0 Å². The zero-order valence-electron chi connectivity index (χ0n) is 11.3. The molecular formula is C16H14N2O2. The molecule has 3 rings (SSSR count). The van der Waals surface area contributed by atoms with E-state index in [0.29, 0.717) is 11.3 Å². The number of benzene rings is 1. The van der Waals surface area contributed by atoms with E-state index >= 15 is 0 Å². The Morgan fingerprint density at radius 1 is 1.15 bits per heavy atom. The Kier molecular flexibility index (Phi) is 2.79. The molecule has 0 atom stereocenters. The van der Waals surface area contributed by atoms with Gasteiger partial charge in [-0.15, -0.1) is 0 Å². The first kappa shape index (κ1) is 12.4. The number of nitrogens with zero attached hydrogens (tertiary/aromatic N) is 2. The van der Waals surface area contributed by atoms with Crippen LogP contribution in [0.3, 0.4) is 0 Å². The van der Waals surface area contributed by atoms with Gasteiger partial charge in [-0.1, -0.05) is 30.3 Å². The average Bonchev–Trinajstić information content (AvgIpc) is 2.79. The van der Waals surface area contributed by atoms with E-state index in [-0.39, 0.29) is 5.69 Å². The van der Waals surface area contributed by atoms with Crippen LogP contribution in [0.1, 0.15) is 21.6 Å². The van der Waals surface area contributed by atoms with Crippen molar-refractivity contribution in [2.75, 3.05) is 0 Å².